The number of fused-ring (bicyclic) bond motifs is 1. The van der Waals surface area contributed by atoms with Crippen molar-refractivity contribution in [3.8, 4) is 0 Å². The van der Waals surface area contributed by atoms with Crippen LogP contribution in [0.2, 0.25) is 0 Å². The summed E-state index contributed by atoms with van der Waals surface area (Å²) in [6.45, 7) is 2.66. The largest absolute Gasteiger partial charge is 0.386 e. The maximum Gasteiger partial charge on any atom is 0.226 e. The minimum absolute atomic E-state index is 0.0909. The van der Waals surface area contributed by atoms with E-state index < -0.39 is 17.7 Å². The molecule has 3 rings (SSSR count). The molecule has 1 atom stereocenters. The second kappa shape index (κ2) is 7.91. The van der Waals surface area contributed by atoms with Gasteiger partial charge in [-0.1, -0.05) is 13.0 Å². The van der Waals surface area contributed by atoms with Crippen LogP contribution in [0.15, 0.2) is 36.7 Å². The van der Waals surface area contributed by atoms with Crippen LogP contribution in [0.4, 0.5) is 8.78 Å². The van der Waals surface area contributed by atoms with Crippen molar-refractivity contribution in [1.29, 1.82) is 0 Å². The molecule has 138 valence electrons. The molecule has 0 radical (unpaired) electrons. The number of rotatable bonds is 6. The van der Waals surface area contributed by atoms with Crippen molar-refractivity contribution < 1.29 is 18.7 Å². The number of aliphatic hydroxyl groups excluding tert-OH is 1. The summed E-state index contributed by atoms with van der Waals surface area (Å²) in [5, 5.41) is 10.4. The lowest BCUT2D eigenvalue weighted by Crippen LogP contribution is -2.39. The first-order chi connectivity index (χ1) is 12.5. The van der Waals surface area contributed by atoms with Crippen molar-refractivity contribution in [3.05, 3.63) is 65.0 Å². The Labute approximate surface area is 151 Å². The van der Waals surface area contributed by atoms with Gasteiger partial charge < -0.3 is 10.0 Å². The van der Waals surface area contributed by atoms with Gasteiger partial charge in [-0.2, -0.15) is 0 Å². The number of amides is 1. The molecule has 0 bridgehead atoms. The molecule has 1 aliphatic rings. The number of aliphatic hydroxyl groups is 1. The highest BCUT2D eigenvalue weighted by Crippen LogP contribution is 2.30. The number of hydrogen-bond donors (Lipinski definition) is 1. The zero-order valence-corrected chi connectivity index (χ0v) is 14.7. The maximum atomic E-state index is 13.4. The molecule has 1 aliphatic carbocycles. The molecular weight excluding hydrogens is 338 g/mol. The maximum absolute atomic E-state index is 13.4. The fourth-order valence-electron chi connectivity index (χ4n) is 3.49. The second-order valence-corrected chi connectivity index (χ2v) is 6.73. The Kier molecular flexibility index (Phi) is 5.61. The Hall–Kier alpha value is -2.34. The topological polar surface area (TPSA) is 53.4 Å². The van der Waals surface area contributed by atoms with E-state index in [0.29, 0.717) is 36.1 Å². The van der Waals surface area contributed by atoms with Crippen LogP contribution in [-0.4, -0.2) is 34.0 Å². The van der Waals surface area contributed by atoms with Crippen LogP contribution < -0.4 is 0 Å². The number of halogens is 2. The highest BCUT2D eigenvalue weighted by atomic mass is 19.2. The molecule has 6 heteroatoms. The average Bonchev–Trinajstić information content (AvgIpc) is 3.04. The van der Waals surface area contributed by atoms with Crippen molar-refractivity contribution >= 4 is 5.91 Å². The molecule has 2 aromatic rings. The van der Waals surface area contributed by atoms with E-state index in [1.807, 2.05) is 6.92 Å². The first kappa shape index (κ1) is 18.5. The van der Waals surface area contributed by atoms with Gasteiger partial charge in [0.1, 0.15) is 0 Å². The predicted octanol–water partition coefficient (Wildman–Crippen LogP) is 3.05. The quantitative estimate of drug-likeness (QED) is 0.861. The van der Waals surface area contributed by atoms with E-state index in [1.165, 1.54) is 12.1 Å². The van der Waals surface area contributed by atoms with Crippen molar-refractivity contribution in [1.82, 2.24) is 9.88 Å². The number of pyridine rings is 1. The minimum atomic E-state index is -0.880. The van der Waals surface area contributed by atoms with Gasteiger partial charge >= 0.3 is 0 Å². The molecule has 1 aromatic heterocycles. The average molecular weight is 360 g/mol. The van der Waals surface area contributed by atoms with Gasteiger partial charge in [-0.25, -0.2) is 8.78 Å². The lowest BCUT2D eigenvalue weighted by atomic mass is 10.0. The van der Waals surface area contributed by atoms with Crippen LogP contribution >= 0.6 is 0 Å². The van der Waals surface area contributed by atoms with Crippen LogP contribution in [0.25, 0.3) is 0 Å². The smallest absolute Gasteiger partial charge is 0.226 e. The standard InChI is InChI=1S/C20H22F2N2O2/c1-2-6-24(12-19(25)13-4-3-5-23-11-13)20(26)16-7-14-9-17(21)18(22)10-15(14)8-16/h3-5,9-11,16,19,25H,2,6-8,12H2,1H3/t19-/m1/s1. The number of carbonyl (C=O) groups is 1. The predicted molar refractivity (Wildman–Crippen MR) is 93.3 cm³/mol. The third kappa shape index (κ3) is 3.90. The second-order valence-electron chi connectivity index (χ2n) is 6.73. The fraction of sp³-hybridized carbons (Fsp3) is 0.400. The summed E-state index contributed by atoms with van der Waals surface area (Å²) < 4.78 is 26.9. The molecule has 0 saturated carbocycles. The Morgan fingerprint density at radius 2 is 1.96 bits per heavy atom. The molecule has 26 heavy (non-hydrogen) atoms. The van der Waals surface area contributed by atoms with Gasteiger partial charge in [-0.15, -0.1) is 0 Å². The van der Waals surface area contributed by atoms with Gasteiger partial charge in [0.25, 0.3) is 0 Å². The zero-order chi connectivity index (χ0) is 18.7. The van der Waals surface area contributed by atoms with Crippen LogP contribution in [-0.2, 0) is 17.6 Å². The van der Waals surface area contributed by atoms with Crippen LogP contribution in [0.1, 0.15) is 36.1 Å². The van der Waals surface area contributed by atoms with E-state index in [-0.39, 0.29) is 18.4 Å². The SMILES string of the molecule is CCCN(C[C@@H](O)c1cccnc1)C(=O)C1Cc2cc(F)c(F)cc2C1. The Bertz CT molecular complexity index is 752. The zero-order valence-electron chi connectivity index (χ0n) is 14.7. The molecule has 0 fully saturated rings. The van der Waals surface area contributed by atoms with E-state index in [4.69, 9.17) is 0 Å². The van der Waals surface area contributed by atoms with Gasteiger partial charge in [0.2, 0.25) is 5.91 Å². The van der Waals surface area contributed by atoms with Crippen molar-refractivity contribution in [2.45, 2.75) is 32.3 Å². The van der Waals surface area contributed by atoms with E-state index in [9.17, 15) is 18.7 Å². The summed E-state index contributed by atoms with van der Waals surface area (Å²) in [6, 6.07) is 5.88. The monoisotopic (exact) mass is 360 g/mol. The third-order valence-electron chi connectivity index (χ3n) is 4.79. The molecule has 1 aromatic carbocycles. The van der Waals surface area contributed by atoms with Crippen LogP contribution in [0.3, 0.4) is 0 Å². The molecule has 1 heterocycles. The molecule has 0 unspecified atom stereocenters. The highest BCUT2D eigenvalue weighted by Gasteiger charge is 2.32. The Morgan fingerprint density at radius 1 is 1.31 bits per heavy atom. The fourth-order valence-corrected chi connectivity index (χ4v) is 3.49. The number of nitrogens with zero attached hydrogens (tertiary/aromatic N) is 2. The lowest BCUT2D eigenvalue weighted by Gasteiger charge is -2.27. The highest BCUT2D eigenvalue weighted by molar-refractivity contribution is 5.80. The van der Waals surface area contributed by atoms with E-state index in [2.05, 4.69) is 4.98 Å². The Balaban J connectivity index is 1.71. The van der Waals surface area contributed by atoms with Crippen LogP contribution in [0, 0.1) is 17.6 Å². The molecular formula is C20H22F2N2O2. The molecule has 1 amide bonds. The minimum Gasteiger partial charge on any atom is -0.386 e. The summed E-state index contributed by atoms with van der Waals surface area (Å²) in [6.07, 6.45) is 3.94. The number of carbonyl (C=O) groups excluding carboxylic acids is 1. The van der Waals surface area contributed by atoms with E-state index in [1.54, 1.807) is 29.4 Å². The summed E-state index contributed by atoms with van der Waals surface area (Å²) in [5.74, 6) is -2.20. The lowest BCUT2D eigenvalue weighted by molar-refractivity contribution is -0.136. The summed E-state index contributed by atoms with van der Waals surface area (Å²) >= 11 is 0. The van der Waals surface area contributed by atoms with Gasteiger partial charge in [-0.3, -0.25) is 9.78 Å². The van der Waals surface area contributed by atoms with Crippen molar-refractivity contribution in [2.75, 3.05) is 13.1 Å². The molecule has 0 saturated heterocycles. The van der Waals surface area contributed by atoms with Gasteiger partial charge in [0.15, 0.2) is 11.6 Å². The number of benzene rings is 1. The number of aromatic nitrogens is 1. The van der Waals surface area contributed by atoms with Gasteiger partial charge in [0, 0.05) is 30.4 Å². The van der Waals surface area contributed by atoms with Gasteiger partial charge in [0.05, 0.1) is 12.6 Å². The summed E-state index contributed by atoms with van der Waals surface area (Å²) in [7, 11) is 0. The normalized spacial score (nSPS) is 14.9. The van der Waals surface area contributed by atoms with Crippen molar-refractivity contribution in [2.24, 2.45) is 5.92 Å². The van der Waals surface area contributed by atoms with Crippen molar-refractivity contribution in [3.63, 3.8) is 0 Å². The van der Waals surface area contributed by atoms with Gasteiger partial charge in [-0.05, 0) is 48.6 Å². The summed E-state index contributed by atoms with van der Waals surface area (Å²) in [5.41, 5.74) is 2.03. The first-order valence-corrected chi connectivity index (χ1v) is 8.83. The summed E-state index contributed by atoms with van der Waals surface area (Å²) in [4.78, 5) is 18.6. The molecule has 0 aliphatic heterocycles. The van der Waals surface area contributed by atoms with E-state index in [0.717, 1.165) is 6.42 Å². The molecule has 4 nitrogen and oxygen atoms in total. The number of hydrogen-bond acceptors (Lipinski definition) is 3. The Morgan fingerprint density at radius 3 is 2.50 bits per heavy atom. The molecule has 1 N–H and O–H groups in total. The van der Waals surface area contributed by atoms with E-state index >= 15 is 0 Å². The third-order valence-corrected chi connectivity index (χ3v) is 4.79. The first-order valence-electron chi connectivity index (χ1n) is 8.83. The van der Waals surface area contributed by atoms with Crippen LogP contribution in [0.5, 0.6) is 0 Å². The molecule has 0 spiro atoms.